The van der Waals surface area contributed by atoms with Crippen molar-refractivity contribution in [2.45, 2.75) is 13.8 Å². The lowest BCUT2D eigenvalue weighted by atomic mass is 9.97. The molecule has 0 aliphatic heterocycles. The number of benzene rings is 2. The number of esters is 1. The average Bonchev–Trinajstić information content (AvgIpc) is 2.99. The maximum atomic E-state index is 12.1. The summed E-state index contributed by atoms with van der Waals surface area (Å²) in [4.78, 5) is 33.9. The zero-order chi connectivity index (χ0) is 20.6. The first-order valence-corrected chi connectivity index (χ1v) is 8.12. The van der Waals surface area contributed by atoms with Gasteiger partial charge in [-0.3, -0.25) is 20.2 Å². The SMILES string of the molecule is CCOC(=O)c1oc2c([N+](=O)[O-])c(-c3ccccc3)c([N+](=O)[O-])c(O)c2c1C. The molecular weight excluding hydrogens is 372 g/mol. The average molecular weight is 386 g/mol. The number of hydrogen-bond acceptors (Lipinski definition) is 8. The number of phenols is 1. The number of nitro groups is 2. The van der Waals surface area contributed by atoms with Gasteiger partial charge < -0.3 is 14.3 Å². The first-order chi connectivity index (χ1) is 13.3. The van der Waals surface area contributed by atoms with E-state index in [1.807, 2.05) is 0 Å². The second kappa shape index (κ2) is 6.99. The number of hydrogen-bond donors (Lipinski definition) is 1. The summed E-state index contributed by atoms with van der Waals surface area (Å²) in [5.41, 5.74) is -2.26. The first-order valence-electron chi connectivity index (χ1n) is 8.12. The first kappa shape index (κ1) is 18.8. The molecule has 3 aromatic rings. The number of aryl methyl sites for hydroxylation is 1. The zero-order valence-corrected chi connectivity index (χ0v) is 14.8. The van der Waals surface area contributed by atoms with Crippen LogP contribution in [0.1, 0.15) is 23.0 Å². The molecule has 0 spiro atoms. The smallest absolute Gasteiger partial charge is 0.374 e. The highest BCUT2D eigenvalue weighted by molar-refractivity contribution is 6.08. The molecule has 28 heavy (non-hydrogen) atoms. The summed E-state index contributed by atoms with van der Waals surface area (Å²) >= 11 is 0. The molecular formula is C18H14N2O8. The quantitative estimate of drug-likeness (QED) is 0.391. The van der Waals surface area contributed by atoms with Crippen molar-refractivity contribution in [3.05, 3.63) is 61.9 Å². The van der Waals surface area contributed by atoms with E-state index in [9.17, 15) is 30.1 Å². The molecule has 0 fully saturated rings. The third kappa shape index (κ3) is 2.80. The van der Waals surface area contributed by atoms with Crippen LogP contribution < -0.4 is 0 Å². The van der Waals surface area contributed by atoms with Gasteiger partial charge in [-0.2, -0.15) is 0 Å². The van der Waals surface area contributed by atoms with Gasteiger partial charge in [0.1, 0.15) is 5.56 Å². The largest absolute Gasteiger partial charge is 0.502 e. The summed E-state index contributed by atoms with van der Waals surface area (Å²) in [6, 6.07) is 7.59. The lowest BCUT2D eigenvalue weighted by molar-refractivity contribution is -0.392. The molecule has 1 aromatic heterocycles. The highest BCUT2D eigenvalue weighted by Crippen LogP contribution is 2.51. The maximum absolute atomic E-state index is 12.1. The van der Waals surface area contributed by atoms with Crippen molar-refractivity contribution in [2.75, 3.05) is 6.61 Å². The zero-order valence-electron chi connectivity index (χ0n) is 14.8. The van der Waals surface area contributed by atoms with Crippen LogP contribution >= 0.6 is 0 Å². The van der Waals surface area contributed by atoms with Gasteiger partial charge in [0.15, 0.2) is 0 Å². The van der Waals surface area contributed by atoms with Crippen LogP contribution in [-0.4, -0.2) is 27.5 Å². The third-order valence-electron chi connectivity index (χ3n) is 4.19. The Labute approximate surface area is 157 Å². The molecule has 144 valence electrons. The second-order valence-electron chi connectivity index (χ2n) is 5.78. The molecule has 2 aromatic carbocycles. The fourth-order valence-corrected chi connectivity index (χ4v) is 3.05. The monoisotopic (exact) mass is 386 g/mol. The van der Waals surface area contributed by atoms with Gasteiger partial charge in [0, 0.05) is 5.56 Å². The second-order valence-corrected chi connectivity index (χ2v) is 5.78. The molecule has 0 atom stereocenters. The van der Waals surface area contributed by atoms with Gasteiger partial charge in [-0.1, -0.05) is 30.3 Å². The Morgan fingerprint density at radius 2 is 1.75 bits per heavy atom. The standard InChI is InChI=1S/C18H14N2O8/c1-3-27-18(22)16-9(2)11-15(21)13(19(23)24)12(10-7-5-4-6-8-10)14(20(25)26)17(11)28-16/h4-8,21H,3H2,1-2H3. The summed E-state index contributed by atoms with van der Waals surface area (Å²) in [7, 11) is 0. The number of nitrogens with zero attached hydrogens (tertiary/aromatic N) is 2. The molecule has 0 radical (unpaired) electrons. The number of phenolic OH excluding ortho intramolecular Hbond substituents is 1. The molecule has 0 amide bonds. The van der Waals surface area contributed by atoms with Crippen molar-refractivity contribution in [3.63, 3.8) is 0 Å². The summed E-state index contributed by atoms with van der Waals surface area (Å²) in [6.07, 6.45) is 0. The molecule has 0 aliphatic rings. The van der Waals surface area contributed by atoms with E-state index in [4.69, 9.17) is 9.15 Å². The maximum Gasteiger partial charge on any atom is 0.374 e. The van der Waals surface area contributed by atoms with Crippen molar-refractivity contribution >= 4 is 28.3 Å². The third-order valence-corrected chi connectivity index (χ3v) is 4.19. The molecule has 0 bridgehead atoms. The van der Waals surface area contributed by atoms with Crippen molar-refractivity contribution in [3.8, 4) is 16.9 Å². The van der Waals surface area contributed by atoms with Crippen LogP contribution in [0.25, 0.3) is 22.1 Å². The van der Waals surface area contributed by atoms with Gasteiger partial charge in [-0.05, 0) is 19.4 Å². The van der Waals surface area contributed by atoms with Crippen LogP contribution in [0.5, 0.6) is 5.75 Å². The minimum atomic E-state index is -0.902. The highest BCUT2D eigenvalue weighted by Gasteiger charge is 2.39. The van der Waals surface area contributed by atoms with Crippen LogP contribution in [0, 0.1) is 27.2 Å². The summed E-state index contributed by atoms with van der Waals surface area (Å²) in [5, 5.41) is 33.8. The summed E-state index contributed by atoms with van der Waals surface area (Å²) in [6.45, 7) is 2.94. The van der Waals surface area contributed by atoms with E-state index in [0.29, 0.717) is 0 Å². The lowest BCUT2D eigenvalue weighted by Gasteiger charge is -2.07. The molecule has 10 heteroatoms. The highest BCUT2D eigenvalue weighted by atomic mass is 16.6. The Kier molecular flexibility index (Phi) is 4.70. The Morgan fingerprint density at radius 3 is 2.29 bits per heavy atom. The fourth-order valence-electron chi connectivity index (χ4n) is 3.05. The number of nitro benzene ring substituents is 2. The van der Waals surface area contributed by atoms with Gasteiger partial charge in [0.05, 0.1) is 21.8 Å². The number of furan rings is 1. The number of carbonyl (C=O) groups is 1. The number of rotatable bonds is 5. The number of aromatic hydroxyl groups is 1. The molecule has 3 rings (SSSR count). The van der Waals surface area contributed by atoms with E-state index in [-0.39, 0.29) is 28.9 Å². The summed E-state index contributed by atoms with van der Waals surface area (Å²) in [5.74, 6) is -2.08. The van der Waals surface area contributed by atoms with Crippen LogP contribution in [0.3, 0.4) is 0 Å². The minimum Gasteiger partial charge on any atom is -0.502 e. The van der Waals surface area contributed by atoms with Crippen LogP contribution in [-0.2, 0) is 4.74 Å². The van der Waals surface area contributed by atoms with E-state index in [0.717, 1.165) is 0 Å². The molecule has 0 unspecified atom stereocenters. The Balaban J connectivity index is 2.54. The van der Waals surface area contributed by atoms with Crippen molar-refractivity contribution < 1.29 is 28.9 Å². The molecule has 1 heterocycles. The van der Waals surface area contributed by atoms with Crippen LogP contribution in [0.15, 0.2) is 34.7 Å². The predicted octanol–water partition coefficient (Wildman–Crippen LogP) is 4.11. The Hall–Kier alpha value is -3.95. The van der Waals surface area contributed by atoms with Crippen molar-refractivity contribution in [2.24, 2.45) is 0 Å². The fraction of sp³-hybridized carbons (Fsp3) is 0.167. The normalized spacial score (nSPS) is 10.8. The Bertz CT molecular complexity index is 1120. The predicted molar refractivity (Wildman–Crippen MR) is 97.3 cm³/mol. The molecule has 10 nitrogen and oxygen atoms in total. The van der Waals surface area contributed by atoms with Gasteiger partial charge in [0.25, 0.3) is 0 Å². The van der Waals surface area contributed by atoms with Gasteiger partial charge in [-0.15, -0.1) is 0 Å². The number of carbonyl (C=O) groups excluding carboxylic acids is 1. The van der Waals surface area contributed by atoms with Gasteiger partial charge in [0.2, 0.25) is 17.1 Å². The van der Waals surface area contributed by atoms with E-state index in [2.05, 4.69) is 0 Å². The van der Waals surface area contributed by atoms with E-state index >= 15 is 0 Å². The lowest BCUT2D eigenvalue weighted by Crippen LogP contribution is -2.04. The molecule has 0 saturated carbocycles. The summed E-state index contributed by atoms with van der Waals surface area (Å²) < 4.78 is 10.2. The van der Waals surface area contributed by atoms with Gasteiger partial charge >= 0.3 is 17.3 Å². The molecule has 0 aliphatic carbocycles. The topological polar surface area (TPSA) is 146 Å². The van der Waals surface area contributed by atoms with E-state index in [1.165, 1.54) is 19.1 Å². The van der Waals surface area contributed by atoms with Crippen LogP contribution in [0.4, 0.5) is 11.4 Å². The van der Waals surface area contributed by atoms with Crippen molar-refractivity contribution in [1.29, 1.82) is 0 Å². The Morgan fingerprint density at radius 1 is 1.14 bits per heavy atom. The molecule has 1 N–H and O–H groups in total. The minimum absolute atomic E-state index is 0.0109. The van der Waals surface area contributed by atoms with Crippen LogP contribution in [0.2, 0.25) is 0 Å². The van der Waals surface area contributed by atoms with Gasteiger partial charge in [-0.25, -0.2) is 4.79 Å². The van der Waals surface area contributed by atoms with E-state index < -0.39 is 44.1 Å². The number of fused-ring (bicyclic) bond motifs is 1. The van der Waals surface area contributed by atoms with E-state index in [1.54, 1.807) is 25.1 Å². The molecule has 0 saturated heterocycles. The van der Waals surface area contributed by atoms with Crippen molar-refractivity contribution in [1.82, 2.24) is 0 Å². The number of ether oxygens (including phenoxy) is 1.